The molecule has 3 rings (SSSR count). The van der Waals surface area contributed by atoms with Gasteiger partial charge in [0, 0.05) is 30.1 Å². The fourth-order valence-electron chi connectivity index (χ4n) is 2.79. The number of hydrogen-bond donors (Lipinski definition) is 1. The third-order valence-corrected chi connectivity index (χ3v) is 7.05. The Morgan fingerprint density at radius 1 is 1.13 bits per heavy atom. The second-order valence-corrected chi connectivity index (χ2v) is 9.57. The summed E-state index contributed by atoms with van der Waals surface area (Å²) < 4.78 is 25.1. The number of aryl methyl sites for hydroxylation is 1. The van der Waals surface area contributed by atoms with Crippen LogP contribution in [0.1, 0.15) is 20.9 Å². The number of sulfonamides is 1. The maximum absolute atomic E-state index is 12.3. The van der Waals surface area contributed by atoms with Gasteiger partial charge >= 0.3 is 0 Å². The van der Waals surface area contributed by atoms with Crippen LogP contribution in [-0.2, 0) is 21.3 Å². The van der Waals surface area contributed by atoms with E-state index in [1.165, 1.54) is 38.4 Å². The van der Waals surface area contributed by atoms with Crippen LogP contribution in [0.2, 0.25) is 0 Å². The van der Waals surface area contributed by atoms with Crippen molar-refractivity contribution in [1.82, 2.24) is 14.8 Å². The summed E-state index contributed by atoms with van der Waals surface area (Å²) in [5, 5.41) is 5.93. The van der Waals surface area contributed by atoms with Gasteiger partial charge in [-0.1, -0.05) is 28.7 Å². The van der Waals surface area contributed by atoms with E-state index in [2.05, 4.69) is 10.3 Å². The number of nitrogens with one attached hydrogen (secondary N) is 1. The van der Waals surface area contributed by atoms with Gasteiger partial charge < -0.3 is 5.32 Å². The second-order valence-electron chi connectivity index (χ2n) is 6.58. The van der Waals surface area contributed by atoms with Crippen LogP contribution in [0.15, 0.2) is 58.8 Å². The second kappa shape index (κ2) is 9.48. The molecule has 7 nitrogen and oxygen atoms in total. The summed E-state index contributed by atoms with van der Waals surface area (Å²) in [6.45, 7) is 2.45. The molecule has 0 fully saturated rings. The van der Waals surface area contributed by atoms with Gasteiger partial charge in [0.1, 0.15) is 0 Å². The zero-order chi connectivity index (χ0) is 21.7. The van der Waals surface area contributed by atoms with Crippen LogP contribution in [0, 0.1) is 6.92 Å². The van der Waals surface area contributed by atoms with Gasteiger partial charge in [0.25, 0.3) is 15.9 Å². The maximum atomic E-state index is 12.3. The first kappa shape index (κ1) is 22.1. The molecular formula is C21H23N3O4S2. The molecule has 0 aliphatic carbocycles. The van der Waals surface area contributed by atoms with E-state index in [9.17, 15) is 13.2 Å². The third kappa shape index (κ3) is 5.11. The largest absolute Gasteiger partial charge is 0.352 e. The van der Waals surface area contributed by atoms with Crippen LogP contribution in [0.5, 0.6) is 0 Å². The van der Waals surface area contributed by atoms with Crippen LogP contribution in [0.4, 0.5) is 0 Å². The zero-order valence-electron chi connectivity index (χ0n) is 17.0. The number of carbonyl (C=O) groups is 1. The van der Waals surface area contributed by atoms with E-state index in [0.717, 1.165) is 26.3 Å². The number of hydroxylamine groups is 1. The fraction of sp³-hybridized carbons (Fsp3) is 0.238. The van der Waals surface area contributed by atoms with Crippen LogP contribution in [0.3, 0.4) is 0 Å². The number of rotatable bonds is 8. The van der Waals surface area contributed by atoms with E-state index in [4.69, 9.17) is 4.84 Å². The molecule has 1 amide bonds. The summed E-state index contributed by atoms with van der Waals surface area (Å²) in [6, 6.07) is 13.9. The van der Waals surface area contributed by atoms with Gasteiger partial charge in [-0.3, -0.25) is 9.63 Å². The Labute approximate surface area is 180 Å². The van der Waals surface area contributed by atoms with E-state index in [0.29, 0.717) is 18.5 Å². The Morgan fingerprint density at radius 2 is 1.80 bits per heavy atom. The summed E-state index contributed by atoms with van der Waals surface area (Å²) >= 11 is 1.62. The molecule has 0 radical (unpaired) electrons. The summed E-state index contributed by atoms with van der Waals surface area (Å²) in [5.41, 5.74) is 3.54. The smallest absolute Gasteiger partial charge is 0.264 e. The van der Waals surface area contributed by atoms with E-state index in [-0.39, 0.29) is 10.8 Å². The Bertz CT molecular complexity index is 1110. The minimum Gasteiger partial charge on any atom is -0.352 e. The SMILES string of the molecule is CON(C)S(=O)(=O)c1ccc(C(=O)NCCc2ccc(-c3csc(C)n3)cc2)cc1. The molecule has 2 aromatic carbocycles. The number of amides is 1. The average Bonchev–Trinajstić information content (AvgIpc) is 3.19. The lowest BCUT2D eigenvalue weighted by atomic mass is 10.1. The molecule has 3 aromatic rings. The Kier molecular flexibility index (Phi) is 6.99. The van der Waals surface area contributed by atoms with Crippen molar-refractivity contribution in [3.63, 3.8) is 0 Å². The molecule has 1 heterocycles. The molecule has 1 aromatic heterocycles. The summed E-state index contributed by atoms with van der Waals surface area (Å²) in [5.74, 6) is -0.256. The van der Waals surface area contributed by atoms with Crippen LogP contribution in [-0.4, -0.2) is 44.5 Å². The predicted octanol–water partition coefficient (Wildman–Crippen LogP) is 3.27. The first-order chi connectivity index (χ1) is 14.3. The van der Waals surface area contributed by atoms with Crippen LogP contribution in [0.25, 0.3) is 11.3 Å². The van der Waals surface area contributed by atoms with Crippen molar-refractivity contribution >= 4 is 27.3 Å². The maximum Gasteiger partial charge on any atom is 0.264 e. The predicted molar refractivity (Wildman–Crippen MR) is 117 cm³/mol. The zero-order valence-corrected chi connectivity index (χ0v) is 18.6. The van der Waals surface area contributed by atoms with Gasteiger partial charge in [0.15, 0.2) is 0 Å². The summed E-state index contributed by atoms with van der Waals surface area (Å²) in [6.07, 6.45) is 0.688. The average molecular weight is 446 g/mol. The number of aromatic nitrogens is 1. The Balaban J connectivity index is 1.54. The number of nitrogens with zero attached hydrogens (tertiary/aromatic N) is 2. The van der Waals surface area contributed by atoms with Crippen molar-refractivity contribution in [1.29, 1.82) is 0 Å². The van der Waals surface area contributed by atoms with E-state index in [1.807, 2.05) is 36.6 Å². The van der Waals surface area contributed by atoms with Crippen molar-refractivity contribution in [3.05, 3.63) is 70.0 Å². The molecule has 0 aliphatic heterocycles. The molecule has 0 unspecified atom stereocenters. The van der Waals surface area contributed by atoms with Crippen molar-refractivity contribution in [2.75, 3.05) is 20.7 Å². The number of carbonyl (C=O) groups excluding carboxylic acids is 1. The minimum absolute atomic E-state index is 0.0544. The molecule has 30 heavy (non-hydrogen) atoms. The molecule has 0 aliphatic rings. The fourth-order valence-corrected chi connectivity index (χ4v) is 4.38. The number of benzene rings is 2. The van der Waals surface area contributed by atoms with Gasteiger partial charge in [-0.05, 0) is 43.2 Å². The monoisotopic (exact) mass is 445 g/mol. The molecule has 0 spiro atoms. The summed E-state index contributed by atoms with van der Waals surface area (Å²) in [7, 11) is -1.15. The van der Waals surface area contributed by atoms with E-state index < -0.39 is 10.0 Å². The quantitative estimate of drug-likeness (QED) is 0.538. The van der Waals surface area contributed by atoms with Crippen molar-refractivity contribution < 1.29 is 18.0 Å². The molecule has 0 saturated carbocycles. The first-order valence-corrected chi connectivity index (χ1v) is 11.6. The normalized spacial score (nSPS) is 11.6. The third-order valence-electron chi connectivity index (χ3n) is 4.58. The van der Waals surface area contributed by atoms with E-state index >= 15 is 0 Å². The lowest BCUT2D eigenvalue weighted by Gasteiger charge is -2.14. The molecule has 0 bridgehead atoms. The number of hydrogen-bond acceptors (Lipinski definition) is 6. The Morgan fingerprint density at radius 3 is 2.37 bits per heavy atom. The van der Waals surface area contributed by atoms with Crippen LogP contribution < -0.4 is 5.32 Å². The van der Waals surface area contributed by atoms with Gasteiger partial charge in [-0.2, -0.15) is 0 Å². The highest BCUT2D eigenvalue weighted by Crippen LogP contribution is 2.22. The van der Waals surface area contributed by atoms with Crippen molar-refractivity contribution in [3.8, 4) is 11.3 Å². The van der Waals surface area contributed by atoms with Gasteiger partial charge in [0.05, 0.1) is 22.7 Å². The Hall–Kier alpha value is -2.59. The lowest BCUT2D eigenvalue weighted by Crippen LogP contribution is -2.27. The van der Waals surface area contributed by atoms with Crippen LogP contribution >= 0.6 is 11.3 Å². The molecule has 0 saturated heterocycles. The highest BCUT2D eigenvalue weighted by Gasteiger charge is 2.20. The highest BCUT2D eigenvalue weighted by atomic mass is 32.2. The minimum atomic E-state index is -3.73. The van der Waals surface area contributed by atoms with Gasteiger partial charge in [-0.25, -0.2) is 13.4 Å². The van der Waals surface area contributed by atoms with Gasteiger partial charge in [0.2, 0.25) is 0 Å². The van der Waals surface area contributed by atoms with E-state index in [1.54, 1.807) is 11.3 Å². The van der Waals surface area contributed by atoms with Crippen molar-refractivity contribution in [2.24, 2.45) is 0 Å². The first-order valence-electron chi connectivity index (χ1n) is 9.24. The van der Waals surface area contributed by atoms with Crippen molar-refractivity contribution in [2.45, 2.75) is 18.2 Å². The summed E-state index contributed by atoms with van der Waals surface area (Å²) in [4.78, 5) is 21.6. The highest BCUT2D eigenvalue weighted by molar-refractivity contribution is 7.89. The molecule has 158 valence electrons. The van der Waals surface area contributed by atoms with Gasteiger partial charge in [-0.15, -0.1) is 11.3 Å². The standard InChI is InChI=1S/C21H23N3O4S2/c1-15-23-20(14-29-15)17-6-4-16(5-7-17)12-13-22-21(25)18-8-10-19(11-9-18)30(26,27)24(2)28-3/h4-11,14H,12-13H2,1-3H3,(H,22,25). The molecule has 9 heteroatoms. The number of thiazole rings is 1. The lowest BCUT2D eigenvalue weighted by molar-refractivity contribution is -0.0258. The molecular weight excluding hydrogens is 422 g/mol. The molecule has 0 atom stereocenters. The molecule has 1 N–H and O–H groups in total. The topological polar surface area (TPSA) is 88.6 Å².